The summed E-state index contributed by atoms with van der Waals surface area (Å²) in [7, 11) is 0. The number of carbonyl (C=O) groups excluding carboxylic acids is 1. The third-order valence-electron chi connectivity index (χ3n) is 7.05. The van der Waals surface area contributed by atoms with E-state index < -0.39 is 47.0 Å². The van der Waals surface area contributed by atoms with Crippen molar-refractivity contribution in [2.45, 2.75) is 41.7 Å². The second-order valence-electron chi connectivity index (χ2n) is 9.15. The summed E-state index contributed by atoms with van der Waals surface area (Å²) in [5, 5.41) is 10.6. The number of fused-ring (bicyclic) bond motifs is 3. The molecule has 0 radical (unpaired) electrons. The number of aromatic nitrogens is 1. The Morgan fingerprint density at radius 3 is 2.68 bits per heavy atom. The molecular weight excluding hydrogens is 517 g/mol. The van der Waals surface area contributed by atoms with Gasteiger partial charge >= 0.3 is 6.18 Å². The smallest absolute Gasteiger partial charge is 0.408 e. The summed E-state index contributed by atoms with van der Waals surface area (Å²) in [4.78, 5) is 27.3. The van der Waals surface area contributed by atoms with E-state index in [1.807, 2.05) is 36.4 Å². The maximum atomic E-state index is 13.9. The molecule has 6 nitrogen and oxygen atoms in total. The maximum absolute atomic E-state index is 13.9. The zero-order valence-electron chi connectivity index (χ0n) is 20.2. The third-order valence-corrected chi connectivity index (χ3v) is 8.19. The molecule has 196 valence electrons. The van der Waals surface area contributed by atoms with Gasteiger partial charge in [-0.1, -0.05) is 36.3 Å². The number of hydrogen-bond acceptors (Lipinski definition) is 5. The molecule has 5 rings (SSSR count). The van der Waals surface area contributed by atoms with Crippen molar-refractivity contribution >= 4 is 17.7 Å². The van der Waals surface area contributed by atoms with E-state index >= 15 is 0 Å². The predicted octanol–water partition coefficient (Wildman–Crippen LogP) is 4.95. The van der Waals surface area contributed by atoms with E-state index in [1.54, 1.807) is 17.8 Å². The summed E-state index contributed by atoms with van der Waals surface area (Å²) < 4.78 is 49.1. The van der Waals surface area contributed by atoms with Crippen molar-refractivity contribution in [3.63, 3.8) is 0 Å². The number of hydrogen-bond donors (Lipinski definition) is 1. The first-order valence-electron chi connectivity index (χ1n) is 11.8. The Balaban J connectivity index is 1.80. The van der Waals surface area contributed by atoms with Gasteiger partial charge in [-0.15, -0.1) is 18.2 Å². The first-order chi connectivity index (χ1) is 18.1. The van der Waals surface area contributed by atoms with Crippen LogP contribution in [0.3, 0.4) is 0 Å². The molecule has 0 fully saturated rings. The Bertz CT molecular complexity index is 1510. The van der Waals surface area contributed by atoms with E-state index in [9.17, 15) is 27.9 Å². The molecule has 38 heavy (non-hydrogen) atoms. The fourth-order valence-electron chi connectivity index (χ4n) is 5.21. The van der Waals surface area contributed by atoms with Crippen molar-refractivity contribution in [1.82, 2.24) is 9.47 Å². The molecule has 0 saturated heterocycles. The number of terminal acetylenes is 1. The molecule has 1 amide bonds. The summed E-state index contributed by atoms with van der Waals surface area (Å²) in [5.74, 6) is 0.976. The summed E-state index contributed by atoms with van der Waals surface area (Å²) in [6.45, 7) is 0.568. The van der Waals surface area contributed by atoms with Gasteiger partial charge < -0.3 is 19.3 Å². The van der Waals surface area contributed by atoms with Crippen molar-refractivity contribution in [2.75, 3.05) is 13.2 Å². The highest BCUT2D eigenvalue weighted by Crippen LogP contribution is 2.50. The van der Waals surface area contributed by atoms with E-state index in [1.165, 1.54) is 10.8 Å². The first-order valence-corrected chi connectivity index (χ1v) is 12.8. The number of thioether (sulfide) groups is 1. The van der Waals surface area contributed by atoms with Crippen LogP contribution >= 0.6 is 11.8 Å². The highest BCUT2D eigenvalue weighted by molar-refractivity contribution is 7.98. The van der Waals surface area contributed by atoms with Crippen molar-refractivity contribution in [1.29, 1.82) is 0 Å². The molecule has 1 unspecified atom stereocenters. The fraction of sp³-hybridized carbons (Fsp3) is 0.286. The summed E-state index contributed by atoms with van der Waals surface area (Å²) in [6.07, 6.45) is 2.09. The normalized spacial score (nSPS) is 19.4. The van der Waals surface area contributed by atoms with Crippen LogP contribution in [0.4, 0.5) is 13.2 Å². The number of amides is 1. The Morgan fingerprint density at radius 1 is 1.18 bits per heavy atom. The van der Waals surface area contributed by atoms with Gasteiger partial charge in [-0.3, -0.25) is 9.59 Å². The minimum atomic E-state index is -4.72. The average Bonchev–Trinajstić information content (AvgIpc) is 3.06. The van der Waals surface area contributed by atoms with Gasteiger partial charge in [0.15, 0.2) is 11.4 Å². The Kier molecular flexibility index (Phi) is 6.65. The van der Waals surface area contributed by atoms with Crippen molar-refractivity contribution in [3.8, 4) is 23.8 Å². The molecule has 0 saturated carbocycles. The van der Waals surface area contributed by atoms with E-state index in [2.05, 4.69) is 5.92 Å². The second kappa shape index (κ2) is 9.80. The number of nitrogens with zero attached hydrogens (tertiary/aromatic N) is 2. The van der Waals surface area contributed by atoms with Crippen molar-refractivity contribution in [2.24, 2.45) is 0 Å². The van der Waals surface area contributed by atoms with E-state index in [4.69, 9.17) is 11.2 Å². The van der Waals surface area contributed by atoms with Gasteiger partial charge in [0.2, 0.25) is 5.43 Å². The average molecular weight is 541 g/mol. The Labute approximate surface area is 221 Å². The van der Waals surface area contributed by atoms with Crippen LogP contribution in [0.15, 0.2) is 64.4 Å². The van der Waals surface area contributed by atoms with Gasteiger partial charge in [0.05, 0.1) is 6.04 Å². The lowest BCUT2D eigenvalue weighted by Gasteiger charge is -2.43. The van der Waals surface area contributed by atoms with Crippen molar-refractivity contribution in [3.05, 3.63) is 87.3 Å². The van der Waals surface area contributed by atoms with Gasteiger partial charge in [-0.05, 0) is 30.2 Å². The molecular formula is C28H23F3N2O4S. The van der Waals surface area contributed by atoms with E-state index in [0.717, 1.165) is 34.6 Å². The zero-order valence-corrected chi connectivity index (χ0v) is 21.1. The first kappa shape index (κ1) is 25.8. The maximum Gasteiger partial charge on any atom is 0.408 e. The zero-order chi connectivity index (χ0) is 27.2. The van der Waals surface area contributed by atoms with Crippen LogP contribution in [-0.4, -0.2) is 45.9 Å². The molecule has 2 aromatic carbocycles. The SMILES string of the molecule is C#CCOc1cccc2c1[C@H](C1CN([C@H](C)C(F)(F)F)C(=O)c3c(O)c(=O)ccn31)c1ccccc1SC2. The molecule has 2 aliphatic rings. The Hall–Kier alpha value is -3.84. The molecule has 10 heteroatoms. The number of halogens is 3. The number of ether oxygens (including phenoxy) is 1. The molecule has 3 aromatic rings. The molecule has 0 aliphatic carbocycles. The van der Waals surface area contributed by atoms with Gasteiger partial charge in [0.1, 0.15) is 18.4 Å². The molecule has 0 spiro atoms. The number of carbonyl (C=O) groups is 1. The van der Waals surface area contributed by atoms with E-state index in [0.29, 0.717) is 16.4 Å². The van der Waals surface area contributed by atoms with E-state index in [-0.39, 0.29) is 13.2 Å². The quantitative estimate of drug-likeness (QED) is 0.474. The van der Waals surface area contributed by atoms with Crippen LogP contribution in [0.5, 0.6) is 11.5 Å². The molecule has 0 bridgehead atoms. The minimum absolute atomic E-state index is 0.0115. The van der Waals surface area contributed by atoms with Crippen LogP contribution < -0.4 is 10.2 Å². The number of alkyl halides is 3. The van der Waals surface area contributed by atoms with Crippen LogP contribution in [-0.2, 0) is 5.75 Å². The van der Waals surface area contributed by atoms with Gasteiger partial charge in [-0.2, -0.15) is 13.2 Å². The summed E-state index contributed by atoms with van der Waals surface area (Å²) in [6, 6.07) is 11.2. The van der Waals surface area contributed by atoms with Gasteiger partial charge in [0.25, 0.3) is 5.91 Å². The molecule has 3 atom stereocenters. The number of rotatable bonds is 4. The highest BCUT2D eigenvalue weighted by Gasteiger charge is 2.48. The predicted molar refractivity (Wildman–Crippen MR) is 137 cm³/mol. The monoisotopic (exact) mass is 540 g/mol. The molecule has 1 aromatic heterocycles. The lowest BCUT2D eigenvalue weighted by Crippen LogP contribution is -2.54. The number of benzene rings is 2. The van der Waals surface area contributed by atoms with Crippen LogP contribution in [0.25, 0.3) is 0 Å². The number of aromatic hydroxyl groups is 1. The fourth-order valence-corrected chi connectivity index (χ4v) is 6.31. The summed E-state index contributed by atoms with van der Waals surface area (Å²) >= 11 is 1.59. The lowest BCUT2D eigenvalue weighted by atomic mass is 9.80. The minimum Gasteiger partial charge on any atom is -0.503 e. The standard InChI is InChI=1S/C28H23F3N2O4S/c1-3-13-37-21-9-6-7-17-15-38-22-10-5-4-8-18(22)24(23(17)21)19-14-33(16(2)28(29,30)31)27(36)25-26(35)20(34)11-12-32(19)25/h1,4-12,16,19,24,35H,13-15H2,2H3/t16-,19?,24+/m1/s1. The van der Waals surface area contributed by atoms with Crippen LogP contribution in [0, 0.1) is 12.3 Å². The van der Waals surface area contributed by atoms with Crippen LogP contribution in [0.2, 0.25) is 0 Å². The topological polar surface area (TPSA) is 71.8 Å². The Morgan fingerprint density at radius 2 is 1.95 bits per heavy atom. The molecule has 3 heterocycles. The van der Waals surface area contributed by atoms with Crippen molar-refractivity contribution < 1.29 is 27.8 Å². The second-order valence-corrected chi connectivity index (χ2v) is 10.2. The molecule has 2 aliphatic heterocycles. The highest BCUT2D eigenvalue weighted by atomic mass is 32.2. The van der Waals surface area contributed by atoms with Gasteiger partial charge in [0, 0.05) is 40.9 Å². The molecule has 1 N–H and O–H groups in total. The largest absolute Gasteiger partial charge is 0.503 e. The third kappa shape index (κ3) is 4.31. The van der Waals surface area contributed by atoms with Crippen LogP contribution in [0.1, 0.15) is 46.1 Å². The lowest BCUT2D eigenvalue weighted by molar-refractivity contribution is -0.174. The van der Waals surface area contributed by atoms with Gasteiger partial charge in [-0.25, -0.2) is 0 Å². The summed E-state index contributed by atoms with van der Waals surface area (Å²) in [5.41, 5.74) is 1.16. The number of pyridine rings is 1.